The summed E-state index contributed by atoms with van der Waals surface area (Å²) in [5.74, 6) is 0.0863. The third-order valence-corrected chi connectivity index (χ3v) is 6.32. The van der Waals surface area contributed by atoms with E-state index in [2.05, 4.69) is 17.3 Å². The maximum absolute atomic E-state index is 12.8. The van der Waals surface area contributed by atoms with Crippen LogP contribution < -0.4 is 4.74 Å². The lowest BCUT2D eigenvalue weighted by Gasteiger charge is -2.37. The molecule has 1 aliphatic heterocycles. The van der Waals surface area contributed by atoms with E-state index in [9.17, 15) is 19.7 Å². The number of nitro groups is 1. The largest absolute Gasteiger partial charge is 0.496 e. The molecule has 9 heteroatoms. The van der Waals surface area contributed by atoms with E-state index in [1.807, 2.05) is 0 Å². The summed E-state index contributed by atoms with van der Waals surface area (Å²) in [6, 6.07) is 7.44. The van der Waals surface area contributed by atoms with Gasteiger partial charge in [-0.05, 0) is 42.9 Å². The first-order chi connectivity index (χ1) is 15.0. The van der Waals surface area contributed by atoms with Crippen LogP contribution in [-0.2, 0) is 9.59 Å². The van der Waals surface area contributed by atoms with E-state index in [0.29, 0.717) is 22.8 Å². The molecule has 2 amide bonds. The molecular formula is C22H19N3O6. The van der Waals surface area contributed by atoms with Crippen LogP contribution >= 0.6 is 0 Å². The number of nitro benzene ring substituents is 1. The number of carbonyl (C=O) groups excluding carboxylic acids is 2. The molecule has 3 aliphatic carbocycles. The molecule has 1 aromatic carbocycles. The molecule has 0 radical (unpaired) electrons. The van der Waals surface area contributed by atoms with Gasteiger partial charge >= 0.3 is 0 Å². The summed E-state index contributed by atoms with van der Waals surface area (Å²) in [4.78, 5) is 36.2. The fourth-order valence-electron chi connectivity index (χ4n) is 4.86. The summed E-state index contributed by atoms with van der Waals surface area (Å²) in [5.41, 5.74) is 0.319. The second-order valence-electron chi connectivity index (χ2n) is 7.92. The van der Waals surface area contributed by atoms with Gasteiger partial charge in [0.15, 0.2) is 0 Å². The minimum absolute atomic E-state index is 0.0958. The van der Waals surface area contributed by atoms with Gasteiger partial charge in [0, 0.05) is 12.1 Å². The maximum Gasteiger partial charge on any atom is 0.270 e. The zero-order valence-electron chi connectivity index (χ0n) is 16.6. The van der Waals surface area contributed by atoms with Crippen LogP contribution in [0, 0.1) is 33.8 Å². The zero-order valence-corrected chi connectivity index (χ0v) is 16.6. The first-order valence-corrected chi connectivity index (χ1v) is 10.0. The minimum Gasteiger partial charge on any atom is -0.496 e. The number of amides is 2. The SMILES string of the molecule is COc1ccc([N+](=O)[O-])cc1-c1ccc(/C=N\N2C(=O)[C@@H]3[C@@H](C2=O)[C@@H]2C=C[C@@H]3CC2)o1. The van der Waals surface area contributed by atoms with Crippen molar-refractivity contribution in [3.8, 4) is 17.1 Å². The Hall–Kier alpha value is -3.75. The van der Waals surface area contributed by atoms with E-state index in [0.717, 1.165) is 17.9 Å². The Morgan fingerprint density at radius 3 is 2.39 bits per heavy atom. The van der Waals surface area contributed by atoms with Crippen molar-refractivity contribution in [2.75, 3.05) is 7.11 Å². The third-order valence-electron chi connectivity index (χ3n) is 6.32. The number of carbonyl (C=O) groups is 2. The third kappa shape index (κ3) is 3.04. The fourth-order valence-corrected chi connectivity index (χ4v) is 4.86. The summed E-state index contributed by atoms with van der Waals surface area (Å²) < 4.78 is 11.0. The quantitative estimate of drug-likeness (QED) is 0.240. The van der Waals surface area contributed by atoms with Gasteiger partial charge in [-0.25, -0.2) is 0 Å². The molecule has 2 aromatic rings. The highest BCUT2D eigenvalue weighted by Gasteiger charge is 2.56. The first-order valence-electron chi connectivity index (χ1n) is 10.0. The van der Waals surface area contributed by atoms with Crippen molar-refractivity contribution >= 4 is 23.7 Å². The number of ether oxygens (including phenoxy) is 1. The maximum atomic E-state index is 12.8. The molecule has 31 heavy (non-hydrogen) atoms. The lowest BCUT2D eigenvalue weighted by atomic mass is 9.63. The Morgan fingerprint density at radius 2 is 1.81 bits per heavy atom. The number of benzene rings is 1. The van der Waals surface area contributed by atoms with E-state index >= 15 is 0 Å². The van der Waals surface area contributed by atoms with Crippen molar-refractivity contribution in [2.24, 2.45) is 28.8 Å². The lowest BCUT2D eigenvalue weighted by Crippen LogP contribution is -2.38. The van der Waals surface area contributed by atoms with E-state index in [4.69, 9.17) is 9.15 Å². The molecule has 2 heterocycles. The van der Waals surface area contributed by atoms with Gasteiger partial charge in [0.1, 0.15) is 17.3 Å². The Morgan fingerprint density at radius 1 is 1.13 bits per heavy atom. The highest BCUT2D eigenvalue weighted by molar-refractivity contribution is 6.06. The number of rotatable bonds is 5. The normalized spacial score (nSPS) is 26.7. The molecule has 4 aliphatic rings. The molecule has 0 spiro atoms. The van der Waals surface area contributed by atoms with Gasteiger partial charge in [0.25, 0.3) is 17.5 Å². The molecule has 4 atom stereocenters. The van der Waals surface area contributed by atoms with Crippen molar-refractivity contribution in [1.29, 1.82) is 0 Å². The number of hydrogen-bond donors (Lipinski definition) is 0. The second-order valence-corrected chi connectivity index (χ2v) is 7.92. The number of non-ortho nitro benzene ring substituents is 1. The molecule has 158 valence electrons. The van der Waals surface area contributed by atoms with E-state index in [1.165, 1.54) is 31.5 Å². The molecular weight excluding hydrogens is 402 g/mol. The van der Waals surface area contributed by atoms with E-state index in [1.54, 1.807) is 12.1 Å². The van der Waals surface area contributed by atoms with Crippen molar-refractivity contribution in [3.05, 3.63) is 58.4 Å². The standard InChI is InChI=1S/C22H19N3O6/c1-30-17-8-6-14(25(28)29)10-16(17)18-9-7-15(31-18)11-23-24-21(26)19-12-2-3-13(5-4-12)20(19)22(24)27/h2-3,6-13,19-20H,4-5H2,1H3/b23-11-/t12-,13-,19+,20+/m1/s1. The summed E-state index contributed by atoms with van der Waals surface area (Å²) in [7, 11) is 1.46. The lowest BCUT2D eigenvalue weighted by molar-refractivity contribution is -0.384. The molecule has 0 unspecified atom stereocenters. The van der Waals surface area contributed by atoms with Gasteiger partial charge in [0.2, 0.25) is 0 Å². The monoisotopic (exact) mass is 421 g/mol. The van der Waals surface area contributed by atoms with Crippen molar-refractivity contribution < 1.29 is 23.7 Å². The summed E-state index contributed by atoms with van der Waals surface area (Å²) in [6.07, 6.45) is 7.27. The number of imide groups is 1. The van der Waals surface area contributed by atoms with Gasteiger partial charge in [-0.3, -0.25) is 19.7 Å². The van der Waals surface area contributed by atoms with Crippen LogP contribution in [0.1, 0.15) is 18.6 Å². The number of hydrogen-bond acceptors (Lipinski definition) is 7. The van der Waals surface area contributed by atoms with Gasteiger partial charge in [-0.2, -0.15) is 10.1 Å². The van der Waals surface area contributed by atoms with Gasteiger partial charge in [-0.15, -0.1) is 0 Å². The zero-order chi connectivity index (χ0) is 21.7. The van der Waals surface area contributed by atoms with Crippen molar-refractivity contribution in [2.45, 2.75) is 12.8 Å². The minimum atomic E-state index is -0.500. The number of methoxy groups -OCH3 is 1. The van der Waals surface area contributed by atoms with E-state index in [-0.39, 0.29) is 41.2 Å². The molecule has 0 N–H and O–H groups in total. The van der Waals surface area contributed by atoms with Gasteiger partial charge in [0.05, 0.1) is 35.6 Å². The van der Waals surface area contributed by atoms with Crippen LogP contribution in [0.5, 0.6) is 5.75 Å². The molecule has 6 rings (SSSR count). The number of nitrogens with zero attached hydrogens (tertiary/aromatic N) is 3. The number of fused-ring (bicyclic) bond motifs is 1. The number of furan rings is 1. The molecule has 2 bridgehead atoms. The van der Waals surface area contributed by atoms with Crippen LogP contribution in [0.4, 0.5) is 5.69 Å². The summed E-state index contributed by atoms with van der Waals surface area (Å²) in [5, 5.41) is 16.2. The second kappa shape index (κ2) is 7.19. The van der Waals surface area contributed by atoms with Crippen LogP contribution in [0.15, 0.2) is 52.0 Å². The Balaban J connectivity index is 1.40. The van der Waals surface area contributed by atoms with E-state index < -0.39 is 4.92 Å². The predicted molar refractivity (Wildman–Crippen MR) is 109 cm³/mol. The molecule has 2 fully saturated rings. The number of allylic oxidation sites excluding steroid dienone is 2. The topological polar surface area (TPSA) is 115 Å². The van der Waals surface area contributed by atoms with Gasteiger partial charge in [-0.1, -0.05) is 12.2 Å². The average molecular weight is 421 g/mol. The summed E-state index contributed by atoms with van der Waals surface area (Å²) >= 11 is 0. The molecule has 1 aromatic heterocycles. The first kappa shape index (κ1) is 19.2. The van der Waals surface area contributed by atoms with Crippen LogP contribution in [-0.4, -0.2) is 35.1 Å². The summed E-state index contributed by atoms with van der Waals surface area (Å²) in [6.45, 7) is 0. The van der Waals surface area contributed by atoms with Crippen molar-refractivity contribution in [1.82, 2.24) is 5.01 Å². The fraction of sp³-hybridized carbons (Fsp3) is 0.318. The average Bonchev–Trinajstić information content (AvgIpc) is 3.36. The van der Waals surface area contributed by atoms with Crippen LogP contribution in [0.25, 0.3) is 11.3 Å². The Kier molecular flexibility index (Phi) is 4.46. The van der Waals surface area contributed by atoms with Crippen LogP contribution in [0.2, 0.25) is 0 Å². The smallest absolute Gasteiger partial charge is 0.270 e. The Labute approximate surface area is 177 Å². The number of hydrazone groups is 1. The molecule has 1 saturated heterocycles. The van der Waals surface area contributed by atoms with Gasteiger partial charge < -0.3 is 9.15 Å². The Bertz CT molecular complexity index is 1120. The highest BCUT2D eigenvalue weighted by Crippen LogP contribution is 2.49. The van der Waals surface area contributed by atoms with Crippen LogP contribution in [0.3, 0.4) is 0 Å². The van der Waals surface area contributed by atoms with Crippen molar-refractivity contribution in [3.63, 3.8) is 0 Å². The highest BCUT2D eigenvalue weighted by atomic mass is 16.6. The molecule has 1 saturated carbocycles. The predicted octanol–water partition coefficient (Wildman–Crippen LogP) is 3.39. The molecule has 9 nitrogen and oxygen atoms in total.